The lowest BCUT2D eigenvalue weighted by Gasteiger charge is -2.22. The first kappa shape index (κ1) is 29.2. The van der Waals surface area contributed by atoms with Crippen molar-refractivity contribution in [2.45, 2.75) is 70.7 Å². The van der Waals surface area contributed by atoms with Gasteiger partial charge in [0, 0.05) is 11.9 Å². The molecule has 0 aromatic carbocycles. The van der Waals surface area contributed by atoms with E-state index in [1.165, 1.54) is 11.8 Å². The van der Waals surface area contributed by atoms with Crippen molar-refractivity contribution in [3.63, 3.8) is 0 Å². The van der Waals surface area contributed by atoms with Crippen LogP contribution in [0.4, 0.5) is 4.79 Å². The number of hydrogen-bond acceptors (Lipinski definition) is 9. The number of cyclic esters (lactones) is 2. The molecule has 1 aromatic rings. The van der Waals surface area contributed by atoms with E-state index in [9.17, 15) is 19.2 Å². The monoisotopic (exact) mass is 498 g/mol. The van der Waals surface area contributed by atoms with Crippen molar-refractivity contribution in [2.75, 3.05) is 12.4 Å². The molecule has 1 fully saturated rings. The summed E-state index contributed by atoms with van der Waals surface area (Å²) in [6.07, 6.45) is 0.722. The van der Waals surface area contributed by atoms with Crippen LogP contribution < -0.4 is 5.32 Å². The summed E-state index contributed by atoms with van der Waals surface area (Å²) in [4.78, 5) is 50.7. The Bertz CT molecular complexity index is 826. The van der Waals surface area contributed by atoms with Gasteiger partial charge >= 0.3 is 24.0 Å². The molecule has 34 heavy (non-hydrogen) atoms. The summed E-state index contributed by atoms with van der Waals surface area (Å²) in [6, 6.07) is 4.42. The molecule has 0 saturated carbocycles. The van der Waals surface area contributed by atoms with Gasteiger partial charge in [-0.2, -0.15) is 0 Å². The molecule has 10 nitrogen and oxygen atoms in total. The van der Waals surface area contributed by atoms with Crippen LogP contribution >= 0.6 is 11.8 Å². The smallest absolute Gasteiger partial charge is 0.408 e. The van der Waals surface area contributed by atoms with Gasteiger partial charge in [0.1, 0.15) is 12.2 Å². The van der Waals surface area contributed by atoms with Crippen LogP contribution in [0.3, 0.4) is 0 Å². The van der Waals surface area contributed by atoms with Gasteiger partial charge in [-0.25, -0.2) is 14.6 Å². The molecule has 2 rings (SSSR count). The highest BCUT2D eigenvalue weighted by Gasteiger charge is 2.33. The van der Waals surface area contributed by atoms with Crippen molar-refractivity contribution in [3.8, 4) is 0 Å². The second-order valence-electron chi connectivity index (χ2n) is 8.98. The summed E-state index contributed by atoms with van der Waals surface area (Å²) in [5, 5.41) is 11.2. The number of nitrogens with zero attached hydrogens (tertiary/aromatic N) is 1. The number of nitrogens with one attached hydrogen (secondary N) is 1. The van der Waals surface area contributed by atoms with E-state index in [4.69, 9.17) is 19.3 Å². The average molecular weight is 499 g/mol. The lowest BCUT2D eigenvalue weighted by atomic mass is 10.0. The summed E-state index contributed by atoms with van der Waals surface area (Å²) in [5.74, 6) is -2.09. The molecular weight excluding hydrogens is 464 g/mol. The predicted molar refractivity (Wildman–Crippen MR) is 125 cm³/mol. The van der Waals surface area contributed by atoms with Gasteiger partial charge in [-0.1, -0.05) is 19.9 Å². The molecule has 1 amide bonds. The maximum atomic E-state index is 12.5. The molecule has 190 valence electrons. The molecule has 1 aliphatic heterocycles. The number of carbonyl (C=O) groups excluding carboxylic acids is 3. The Kier molecular flexibility index (Phi) is 11.8. The van der Waals surface area contributed by atoms with Gasteiger partial charge in [0.05, 0.1) is 23.0 Å². The number of hydrogen-bond donors (Lipinski definition) is 2. The number of pyridine rings is 1. The number of carbonyl (C=O) groups is 4. The van der Waals surface area contributed by atoms with Crippen LogP contribution in [0.2, 0.25) is 0 Å². The lowest BCUT2D eigenvalue weighted by molar-refractivity contribution is -0.152. The summed E-state index contributed by atoms with van der Waals surface area (Å²) < 4.78 is 15.8. The van der Waals surface area contributed by atoms with Crippen molar-refractivity contribution < 1.29 is 38.5 Å². The molecular formula is C23H34N2O8S. The van der Waals surface area contributed by atoms with E-state index >= 15 is 0 Å². The molecule has 0 bridgehead atoms. The molecule has 11 heteroatoms. The Hall–Kier alpha value is -2.82. The predicted octanol–water partition coefficient (Wildman–Crippen LogP) is 3.29. The minimum absolute atomic E-state index is 0.231. The normalized spacial score (nSPS) is 21.0. The van der Waals surface area contributed by atoms with Crippen molar-refractivity contribution in [1.82, 2.24) is 10.3 Å². The second kappa shape index (κ2) is 13.8. The molecule has 2 unspecified atom stereocenters. The van der Waals surface area contributed by atoms with Gasteiger partial charge in [-0.15, -0.1) is 11.8 Å². The fraction of sp³-hybridized carbons (Fsp3) is 0.609. The number of carboxylic acid groups (broad SMARTS) is 1. The van der Waals surface area contributed by atoms with E-state index in [2.05, 4.69) is 10.3 Å². The van der Waals surface area contributed by atoms with Gasteiger partial charge in [-0.3, -0.25) is 9.59 Å². The van der Waals surface area contributed by atoms with E-state index in [1.54, 1.807) is 47.7 Å². The first-order chi connectivity index (χ1) is 15.8. The lowest BCUT2D eigenvalue weighted by Crippen LogP contribution is -2.47. The molecule has 1 aromatic heterocycles. The fourth-order valence-corrected chi connectivity index (χ4v) is 3.44. The number of ether oxygens (including phenoxy) is 3. The number of aromatic nitrogens is 1. The quantitative estimate of drug-likeness (QED) is 0.353. The third-order valence-corrected chi connectivity index (χ3v) is 5.31. The molecule has 1 saturated heterocycles. The number of alkyl carbamates (subject to hydrolysis) is 1. The average Bonchev–Trinajstić information content (AvgIpc) is 2.77. The van der Waals surface area contributed by atoms with Crippen LogP contribution in [-0.2, 0) is 28.6 Å². The van der Waals surface area contributed by atoms with Crippen molar-refractivity contribution in [2.24, 2.45) is 11.8 Å². The summed E-state index contributed by atoms with van der Waals surface area (Å²) in [5.41, 5.74) is -0.718. The van der Waals surface area contributed by atoms with Crippen LogP contribution in [-0.4, -0.2) is 64.2 Å². The molecule has 0 aliphatic carbocycles. The summed E-state index contributed by atoms with van der Waals surface area (Å²) in [6.45, 7) is 9.80. The summed E-state index contributed by atoms with van der Waals surface area (Å²) in [7, 11) is 0. The van der Waals surface area contributed by atoms with Crippen LogP contribution in [0.1, 0.15) is 48.0 Å². The topological polar surface area (TPSA) is 141 Å². The molecule has 2 heterocycles. The first-order valence-electron chi connectivity index (χ1n) is 10.9. The Morgan fingerprint density at radius 3 is 2.44 bits per heavy atom. The van der Waals surface area contributed by atoms with E-state index < -0.39 is 47.7 Å². The number of esters is 2. The number of aliphatic carboxylic acids is 1. The summed E-state index contributed by atoms with van der Waals surface area (Å²) >= 11 is 1.43. The number of amides is 1. The molecule has 2 N–H and O–H groups in total. The van der Waals surface area contributed by atoms with E-state index in [0.717, 1.165) is 5.03 Å². The van der Waals surface area contributed by atoms with Crippen molar-refractivity contribution in [1.29, 1.82) is 0 Å². The number of carboxylic acids is 1. The number of thioether (sulfide) groups is 1. The third kappa shape index (κ3) is 11.9. The highest BCUT2D eigenvalue weighted by Crippen LogP contribution is 2.24. The van der Waals surface area contributed by atoms with Gasteiger partial charge in [0.25, 0.3) is 0 Å². The second-order valence-corrected chi connectivity index (χ2v) is 10.0. The SMILES string of the molecule is CC(C)C(=O)O.CC1CC(CSc2ccccn2)C(=O)OC[C@H](NC(=O)OC(C)(C)C)C(=O)O1. The number of rotatable bonds is 5. The molecule has 0 spiro atoms. The van der Waals surface area contributed by atoms with Gasteiger partial charge in [0.2, 0.25) is 0 Å². The zero-order valence-electron chi connectivity index (χ0n) is 20.4. The van der Waals surface area contributed by atoms with Crippen LogP contribution in [0.15, 0.2) is 29.4 Å². The van der Waals surface area contributed by atoms with E-state index in [0.29, 0.717) is 12.2 Å². The fourth-order valence-electron chi connectivity index (χ4n) is 2.48. The minimum atomic E-state index is -1.12. The Balaban J connectivity index is 0.000000852. The molecule has 1 aliphatic rings. The minimum Gasteiger partial charge on any atom is -0.481 e. The van der Waals surface area contributed by atoms with Gasteiger partial charge in [-0.05, 0) is 46.2 Å². The van der Waals surface area contributed by atoms with Crippen molar-refractivity contribution >= 4 is 35.8 Å². The maximum Gasteiger partial charge on any atom is 0.408 e. The van der Waals surface area contributed by atoms with E-state index in [-0.39, 0.29) is 12.5 Å². The largest absolute Gasteiger partial charge is 0.481 e. The van der Waals surface area contributed by atoms with Crippen molar-refractivity contribution in [3.05, 3.63) is 24.4 Å². The Morgan fingerprint density at radius 1 is 1.26 bits per heavy atom. The maximum absolute atomic E-state index is 12.5. The Morgan fingerprint density at radius 2 is 1.91 bits per heavy atom. The van der Waals surface area contributed by atoms with Gasteiger partial charge in [0.15, 0.2) is 6.04 Å². The van der Waals surface area contributed by atoms with E-state index in [1.807, 2.05) is 18.2 Å². The molecule has 0 radical (unpaired) electrons. The van der Waals surface area contributed by atoms with Crippen LogP contribution in [0, 0.1) is 11.8 Å². The standard InChI is InChI=1S/C19H26N2O6S.C4H8O2/c1-12-9-13(11-28-15-7-5-6-8-20-15)16(22)25-10-14(17(23)26-12)21-18(24)27-19(2,3)4;1-3(2)4(5)6/h5-8,12-14H,9-11H2,1-4H3,(H,21,24);3H,1-2H3,(H,5,6)/t12?,13?,14-;/m0./s1. The highest BCUT2D eigenvalue weighted by molar-refractivity contribution is 7.99. The third-order valence-electron chi connectivity index (χ3n) is 4.20. The molecule has 3 atom stereocenters. The highest BCUT2D eigenvalue weighted by atomic mass is 32.2. The zero-order valence-corrected chi connectivity index (χ0v) is 21.2. The first-order valence-corrected chi connectivity index (χ1v) is 11.9. The van der Waals surface area contributed by atoms with Gasteiger partial charge < -0.3 is 24.6 Å². The Labute approximate surface area is 204 Å². The van der Waals surface area contributed by atoms with Crippen LogP contribution in [0.25, 0.3) is 0 Å². The van der Waals surface area contributed by atoms with Crippen LogP contribution in [0.5, 0.6) is 0 Å². The zero-order chi connectivity index (χ0) is 25.9.